The number of amides is 1. The Bertz CT molecular complexity index is 1130. The normalized spacial score (nSPS) is 16.8. The summed E-state index contributed by atoms with van der Waals surface area (Å²) in [5.74, 6) is 1.05. The summed E-state index contributed by atoms with van der Waals surface area (Å²) in [5, 5.41) is 3.99. The summed E-state index contributed by atoms with van der Waals surface area (Å²) in [6, 6.07) is 17.2. The number of rotatable bonds is 3. The van der Waals surface area contributed by atoms with Crippen LogP contribution in [0, 0.1) is 13.8 Å². The topological polar surface area (TPSA) is 54.6 Å². The van der Waals surface area contributed by atoms with Crippen molar-refractivity contribution in [3.63, 3.8) is 0 Å². The van der Waals surface area contributed by atoms with Crippen LogP contribution in [-0.2, 0) is 4.79 Å². The van der Waals surface area contributed by atoms with Crippen molar-refractivity contribution in [1.82, 2.24) is 5.32 Å². The summed E-state index contributed by atoms with van der Waals surface area (Å²) in [5.41, 5.74) is 3.84. The molecule has 0 unspecified atom stereocenters. The average molecular weight is 409 g/mol. The third kappa shape index (κ3) is 3.91. The van der Waals surface area contributed by atoms with Crippen molar-refractivity contribution < 1.29 is 9.21 Å². The largest absolute Gasteiger partial charge is 0.457 e. The number of amidine groups is 1. The van der Waals surface area contributed by atoms with Gasteiger partial charge in [0.25, 0.3) is 5.91 Å². The molecule has 0 bridgehead atoms. The summed E-state index contributed by atoms with van der Waals surface area (Å²) < 4.78 is 5.86. The van der Waals surface area contributed by atoms with E-state index in [-0.39, 0.29) is 5.91 Å². The first-order valence-corrected chi connectivity index (χ1v) is 9.90. The quantitative estimate of drug-likeness (QED) is 0.532. The van der Waals surface area contributed by atoms with E-state index in [0.717, 1.165) is 22.4 Å². The Balaban J connectivity index is 1.58. The van der Waals surface area contributed by atoms with Gasteiger partial charge in [-0.15, -0.1) is 0 Å². The highest BCUT2D eigenvalue weighted by molar-refractivity contribution is 8.18. The lowest BCUT2D eigenvalue weighted by atomic mass is 10.1. The van der Waals surface area contributed by atoms with E-state index in [4.69, 9.17) is 16.0 Å². The number of benzene rings is 2. The lowest BCUT2D eigenvalue weighted by Crippen LogP contribution is -2.19. The van der Waals surface area contributed by atoms with E-state index in [0.29, 0.717) is 26.6 Å². The highest BCUT2D eigenvalue weighted by Gasteiger charge is 2.24. The minimum atomic E-state index is -0.190. The first-order valence-electron chi connectivity index (χ1n) is 8.71. The highest BCUT2D eigenvalue weighted by Crippen LogP contribution is 2.32. The second-order valence-corrected chi connectivity index (χ2v) is 7.89. The molecule has 28 heavy (non-hydrogen) atoms. The summed E-state index contributed by atoms with van der Waals surface area (Å²) in [4.78, 5) is 17.4. The van der Waals surface area contributed by atoms with Crippen LogP contribution in [0.4, 0.5) is 5.69 Å². The van der Waals surface area contributed by atoms with Gasteiger partial charge in [-0.3, -0.25) is 4.79 Å². The maximum atomic E-state index is 12.3. The van der Waals surface area contributed by atoms with E-state index in [2.05, 4.69) is 10.3 Å². The second-order valence-electron chi connectivity index (χ2n) is 6.45. The van der Waals surface area contributed by atoms with Gasteiger partial charge >= 0.3 is 0 Å². The van der Waals surface area contributed by atoms with Gasteiger partial charge in [0, 0.05) is 11.6 Å². The fourth-order valence-electron chi connectivity index (χ4n) is 2.80. The molecule has 2 heterocycles. The Morgan fingerprint density at radius 3 is 2.75 bits per heavy atom. The SMILES string of the molecule is Cc1ccc(C)c(N=C2NC(=O)/C(=C\c3ccc(-c4ccccc4Cl)o3)S2)c1. The van der Waals surface area contributed by atoms with Crippen molar-refractivity contribution in [2.24, 2.45) is 4.99 Å². The third-order valence-corrected chi connectivity index (χ3v) is 5.52. The van der Waals surface area contributed by atoms with Crippen molar-refractivity contribution >= 4 is 46.2 Å². The van der Waals surface area contributed by atoms with E-state index >= 15 is 0 Å². The zero-order valence-electron chi connectivity index (χ0n) is 15.3. The zero-order valence-corrected chi connectivity index (χ0v) is 16.9. The Kier molecular flexibility index (Phi) is 5.11. The molecule has 2 aromatic carbocycles. The molecule has 0 radical (unpaired) electrons. The number of carbonyl (C=O) groups is 1. The molecular weight excluding hydrogens is 392 g/mol. The predicted molar refractivity (Wildman–Crippen MR) is 116 cm³/mol. The van der Waals surface area contributed by atoms with Gasteiger partial charge in [0.15, 0.2) is 5.17 Å². The number of carbonyl (C=O) groups excluding carboxylic acids is 1. The third-order valence-electron chi connectivity index (χ3n) is 4.28. The summed E-state index contributed by atoms with van der Waals surface area (Å²) in [7, 11) is 0. The van der Waals surface area contributed by atoms with Gasteiger partial charge in [-0.05, 0) is 67.1 Å². The molecule has 0 saturated carbocycles. The van der Waals surface area contributed by atoms with Gasteiger partial charge in [-0.2, -0.15) is 0 Å². The van der Waals surface area contributed by atoms with Gasteiger partial charge < -0.3 is 9.73 Å². The number of nitrogens with one attached hydrogen (secondary N) is 1. The standard InChI is InChI=1S/C22H17ClN2O2S/c1-13-7-8-14(2)18(11-13)24-22-25-21(26)20(28-22)12-15-9-10-19(27-15)16-5-3-4-6-17(16)23/h3-12H,1-2H3,(H,24,25,26)/b20-12+. The molecule has 3 aromatic rings. The van der Waals surface area contributed by atoms with Crippen LogP contribution in [0.3, 0.4) is 0 Å². The molecule has 4 rings (SSSR count). The first-order chi connectivity index (χ1) is 13.5. The molecule has 1 aliphatic heterocycles. The number of hydrogen-bond acceptors (Lipinski definition) is 4. The lowest BCUT2D eigenvalue weighted by molar-refractivity contribution is -0.115. The van der Waals surface area contributed by atoms with Crippen molar-refractivity contribution in [2.75, 3.05) is 0 Å². The Morgan fingerprint density at radius 1 is 1.11 bits per heavy atom. The fraction of sp³-hybridized carbons (Fsp3) is 0.0909. The van der Waals surface area contributed by atoms with E-state index in [1.165, 1.54) is 11.8 Å². The van der Waals surface area contributed by atoms with Gasteiger partial charge in [-0.25, -0.2) is 4.99 Å². The maximum Gasteiger partial charge on any atom is 0.264 e. The van der Waals surface area contributed by atoms with Crippen LogP contribution < -0.4 is 5.32 Å². The van der Waals surface area contributed by atoms with Crippen LogP contribution in [0.2, 0.25) is 5.02 Å². The molecule has 1 fully saturated rings. The van der Waals surface area contributed by atoms with Crippen molar-refractivity contribution in [3.05, 3.63) is 81.4 Å². The van der Waals surface area contributed by atoms with Crippen molar-refractivity contribution in [3.8, 4) is 11.3 Å². The molecule has 1 amide bonds. The highest BCUT2D eigenvalue weighted by atomic mass is 35.5. The monoisotopic (exact) mass is 408 g/mol. The van der Waals surface area contributed by atoms with E-state index in [9.17, 15) is 4.79 Å². The van der Waals surface area contributed by atoms with Gasteiger partial charge in [-0.1, -0.05) is 35.9 Å². The smallest absolute Gasteiger partial charge is 0.264 e. The van der Waals surface area contributed by atoms with Crippen molar-refractivity contribution in [1.29, 1.82) is 0 Å². The number of aliphatic imine (C=N–C) groups is 1. The number of aryl methyl sites for hydroxylation is 2. The van der Waals surface area contributed by atoms with Crippen LogP contribution in [0.15, 0.2) is 68.9 Å². The Labute approximate surface area is 172 Å². The summed E-state index contributed by atoms with van der Waals surface area (Å²) in [6.45, 7) is 4.01. The average Bonchev–Trinajstić information content (AvgIpc) is 3.26. The molecular formula is C22H17ClN2O2S. The molecule has 6 heteroatoms. The molecule has 140 valence electrons. The van der Waals surface area contributed by atoms with E-state index < -0.39 is 0 Å². The summed E-state index contributed by atoms with van der Waals surface area (Å²) >= 11 is 7.52. The minimum absolute atomic E-state index is 0.190. The Morgan fingerprint density at radius 2 is 1.93 bits per heavy atom. The summed E-state index contributed by atoms with van der Waals surface area (Å²) in [6.07, 6.45) is 1.71. The van der Waals surface area contributed by atoms with E-state index in [1.807, 2.05) is 68.4 Å². The number of nitrogens with zero attached hydrogens (tertiary/aromatic N) is 1. The maximum absolute atomic E-state index is 12.3. The van der Waals surface area contributed by atoms with Crippen LogP contribution in [-0.4, -0.2) is 11.1 Å². The molecule has 1 aromatic heterocycles. The Hall–Kier alpha value is -2.76. The number of hydrogen-bond donors (Lipinski definition) is 1. The zero-order chi connectivity index (χ0) is 19.7. The second kappa shape index (κ2) is 7.70. The van der Waals surface area contributed by atoms with Crippen LogP contribution in [0.1, 0.15) is 16.9 Å². The van der Waals surface area contributed by atoms with E-state index in [1.54, 1.807) is 6.08 Å². The predicted octanol–water partition coefficient (Wildman–Crippen LogP) is 6.11. The van der Waals surface area contributed by atoms with Gasteiger partial charge in [0.2, 0.25) is 0 Å². The van der Waals surface area contributed by atoms with Crippen LogP contribution >= 0.6 is 23.4 Å². The molecule has 0 aliphatic carbocycles. The molecule has 1 N–H and O–H groups in total. The minimum Gasteiger partial charge on any atom is -0.457 e. The number of halogens is 1. The van der Waals surface area contributed by atoms with Gasteiger partial charge in [0.05, 0.1) is 15.6 Å². The molecule has 0 spiro atoms. The lowest BCUT2D eigenvalue weighted by Gasteiger charge is -2.02. The number of thioether (sulfide) groups is 1. The number of furan rings is 1. The fourth-order valence-corrected chi connectivity index (χ4v) is 3.84. The molecule has 1 aliphatic rings. The molecule has 0 atom stereocenters. The van der Waals surface area contributed by atoms with Crippen LogP contribution in [0.5, 0.6) is 0 Å². The van der Waals surface area contributed by atoms with Crippen LogP contribution in [0.25, 0.3) is 17.4 Å². The van der Waals surface area contributed by atoms with Crippen molar-refractivity contribution in [2.45, 2.75) is 13.8 Å². The molecule has 1 saturated heterocycles. The molecule has 4 nitrogen and oxygen atoms in total. The first kappa shape index (κ1) is 18.6. The van der Waals surface area contributed by atoms with Gasteiger partial charge in [0.1, 0.15) is 11.5 Å².